The van der Waals surface area contributed by atoms with Gasteiger partial charge in [-0.2, -0.15) is 0 Å². The molecular formula is C18H15BrFN5O2S. The number of nitrogens with two attached hydrogens (primary N) is 2. The molecule has 0 aliphatic rings. The number of halogens is 2. The monoisotopic (exact) mass is 463 g/mol. The maximum Gasteiger partial charge on any atom is 0.240 e. The van der Waals surface area contributed by atoms with Crippen LogP contribution in [0.15, 0.2) is 47.2 Å². The van der Waals surface area contributed by atoms with Gasteiger partial charge in [0.1, 0.15) is 27.2 Å². The molecule has 3 rings (SSSR count). The summed E-state index contributed by atoms with van der Waals surface area (Å²) in [5.41, 5.74) is 12.3. The van der Waals surface area contributed by atoms with Gasteiger partial charge in [0.15, 0.2) is 5.13 Å². The predicted molar refractivity (Wildman–Crippen MR) is 109 cm³/mol. The van der Waals surface area contributed by atoms with E-state index in [-0.39, 0.29) is 16.5 Å². The molecule has 1 atom stereocenters. The smallest absolute Gasteiger partial charge is 0.240 e. The number of hydrogen-bond donors (Lipinski definition) is 2. The third-order valence-electron chi connectivity index (χ3n) is 3.95. The summed E-state index contributed by atoms with van der Waals surface area (Å²) in [5, 5.41) is 0.295. The molecule has 1 aromatic carbocycles. The van der Waals surface area contributed by atoms with Crippen LogP contribution < -0.4 is 16.4 Å². The van der Waals surface area contributed by atoms with Gasteiger partial charge in [-0.25, -0.2) is 14.4 Å². The molecule has 0 aliphatic carbocycles. The van der Waals surface area contributed by atoms with Gasteiger partial charge in [0.2, 0.25) is 11.7 Å². The quantitative estimate of drug-likeness (QED) is 0.428. The van der Waals surface area contributed by atoms with Crippen molar-refractivity contribution in [3.63, 3.8) is 0 Å². The van der Waals surface area contributed by atoms with E-state index in [1.807, 2.05) is 0 Å². The minimum absolute atomic E-state index is 0.0247. The highest BCUT2D eigenvalue weighted by molar-refractivity contribution is 9.10. The minimum Gasteiger partial charge on any atom is -0.382 e. The molecule has 0 aliphatic heterocycles. The summed E-state index contributed by atoms with van der Waals surface area (Å²) in [7, 11) is 0. The molecule has 0 radical (unpaired) electrons. The lowest BCUT2D eigenvalue weighted by Crippen LogP contribution is -2.39. The highest BCUT2D eigenvalue weighted by Gasteiger charge is 2.27. The number of amides is 1. The maximum absolute atomic E-state index is 13.3. The van der Waals surface area contributed by atoms with Crippen LogP contribution in [0.5, 0.6) is 0 Å². The number of ketones is 1. The van der Waals surface area contributed by atoms with Crippen LogP contribution in [0.1, 0.15) is 22.2 Å². The summed E-state index contributed by atoms with van der Waals surface area (Å²) < 4.78 is 13.9. The van der Waals surface area contributed by atoms with E-state index < -0.39 is 17.8 Å². The maximum atomic E-state index is 13.3. The zero-order chi connectivity index (χ0) is 20.4. The van der Waals surface area contributed by atoms with Crippen molar-refractivity contribution in [2.75, 3.05) is 10.6 Å². The largest absolute Gasteiger partial charge is 0.382 e. The van der Waals surface area contributed by atoms with E-state index in [4.69, 9.17) is 11.5 Å². The molecule has 0 spiro atoms. The van der Waals surface area contributed by atoms with E-state index in [1.165, 1.54) is 35.4 Å². The molecule has 0 saturated heterocycles. The van der Waals surface area contributed by atoms with E-state index in [2.05, 4.69) is 25.9 Å². The minimum atomic E-state index is -0.798. The van der Waals surface area contributed by atoms with Crippen molar-refractivity contribution in [1.82, 2.24) is 9.97 Å². The van der Waals surface area contributed by atoms with Crippen LogP contribution in [-0.4, -0.2) is 27.7 Å². The van der Waals surface area contributed by atoms with E-state index in [0.717, 1.165) is 11.3 Å². The molecule has 10 heteroatoms. The number of aromatic nitrogens is 2. The van der Waals surface area contributed by atoms with E-state index >= 15 is 0 Å². The number of carbonyl (C=O) groups is 2. The van der Waals surface area contributed by atoms with Crippen LogP contribution in [0.3, 0.4) is 0 Å². The van der Waals surface area contributed by atoms with Crippen molar-refractivity contribution >= 4 is 55.6 Å². The normalized spacial score (nSPS) is 11.8. The van der Waals surface area contributed by atoms with Gasteiger partial charge < -0.3 is 16.4 Å². The Kier molecular flexibility index (Phi) is 5.71. The lowest BCUT2D eigenvalue weighted by Gasteiger charge is -2.26. The SMILES string of the molecule is CC(C(N)=O)N(c1ccc(F)cc1)c1nc(N)c(C(=O)c2ccc(Br)nc2)s1. The van der Waals surface area contributed by atoms with Crippen LogP contribution in [0, 0.1) is 5.82 Å². The summed E-state index contributed by atoms with van der Waals surface area (Å²) in [6, 6.07) is 7.96. The molecule has 1 amide bonds. The van der Waals surface area contributed by atoms with Crippen LogP contribution in [-0.2, 0) is 4.79 Å². The van der Waals surface area contributed by atoms with E-state index in [0.29, 0.717) is 21.0 Å². The number of nitrogen functional groups attached to an aromatic ring is 1. The molecular weight excluding hydrogens is 449 g/mol. The van der Waals surface area contributed by atoms with Gasteiger partial charge in [-0.05, 0) is 59.3 Å². The van der Waals surface area contributed by atoms with Gasteiger partial charge in [-0.15, -0.1) is 0 Å². The number of hydrogen-bond acceptors (Lipinski definition) is 7. The standard InChI is InChI=1S/C18H15BrFN5O2S/c1-9(17(22)27)25(12-5-3-11(20)4-6-12)18-24-16(21)15(28-18)14(26)10-2-7-13(19)23-8-10/h2-9H,21H2,1H3,(H2,22,27). The van der Waals surface area contributed by atoms with Gasteiger partial charge in [0.05, 0.1) is 0 Å². The zero-order valence-corrected chi connectivity index (χ0v) is 17.0. The van der Waals surface area contributed by atoms with Gasteiger partial charge in [0, 0.05) is 17.4 Å². The summed E-state index contributed by atoms with van der Waals surface area (Å²) >= 11 is 4.23. The van der Waals surface area contributed by atoms with Crippen molar-refractivity contribution in [3.05, 3.63) is 63.5 Å². The Bertz CT molecular complexity index is 1020. The number of primary amides is 1. The summed E-state index contributed by atoms with van der Waals surface area (Å²) in [4.78, 5) is 34.6. The Morgan fingerprint density at radius 1 is 1.21 bits per heavy atom. The van der Waals surface area contributed by atoms with Crippen LogP contribution in [0.4, 0.5) is 21.0 Å². The van der Waals surface area contributed by atoms with Crippen molar-refractivity contribution in [2.24, 2.45) is 5.73 Å². The van der Waals surface area contributed by atoms with Crippen LogP contribution in [0.25, 0.3) is 0 Å². The number of pyridine rings is 1. The molecule has 2 heterocycles. The summed E-state index contributed by atoms with van der Waals surface area (Å²) in [6.45, 7) is 1.59. The molecule has 4 N–H and O–H groups in total. The Hall–Kier alpha value is -2.85. The average molecular weight is 464 g/mol. The fraction of sp³-hybridized carbons (Fsp3) is 0.111. The fourth-order valence-electron chi connectivity index (χ4n) is 2.46. The number of thiazole rings is 1. The topological polar surface area (TPSA) is 115 Å². The van der Waals surface area contributed by atoms with Crippen LogP contribution >= 0.6 is 27.3 Å². The first kappa shape index (κ1) is 19.9. The average Bonchev–Trinajstić information content (AvgIpc) is 3.04. The van der Waals surface area contributed by atoms with Crippen molar-refractivity contribution in [2.45, 2.75) is 13.0 Å². The zero-order valence-electron chi connectivity index (χ0n) is 14.6. The second kappa shape index (κ2) is 8.03. The second-order valence-corrected chi connectivity index (χ2v) is 7.62. The fourth-order valence-corrected chi connectivity index (χ4v) is 3.74. The van der Waals surface area contributed by atoms with Crippen LogP contribution in [0.2, 0.25) is 0 Å². The first-order valence-corrected chi connectivity index (χ1v) is 9.65. The lowest BCUT2D eigenvalue weighted by atomic mass is 10.2. The molecule has 1 unspecified atom stereocenters. The molecule has 144 valence electrons. The van der Waals surface area contributed by atoms with Crippen molar-refractivity contribution < 1.29 is 14.0 Å². The highest BCUT2D eigenvalue weighted by Crippen LogP contribution is 2.35. The number of benzene rings is 1. The first-order valence-electron chi connectivity index (χ1n) is 8.04. The molecule has 0 saturated carbocycles. The number of rotatable bonds is 6. The molecule has 3 aromatic rings. The number of nitrogens with zero attached hydrogens (tertiary/aromatic N) is 3. The summed E-state index contributed by atoms with van der Waals surface area (Å²) in [6.07, 6.45) is 1.43. The van der Waals surface area contributed by atoms with Gasteiger partial charge in [-0.3, -0.25) is 9.59 Å². The lowest BCUT2D eigenvalue weighted by molar-refractivity contribution is -0.118. The van der Waals surface area contributed by atoms with E-state index in [1.54, 1.807) is 19.1 Å². The Morgan fingerprint density at radius 2 is 1.89 bits per heavy atom. The Balaban J connectivity index is 2.03. The third-order valence-corrected chi connectivity index (χ3v) is 5.49. The molecule has 28 heavy (non-hydrogen) atoms. The number of anilines is 3. The number of carbonyl (C=O) groups excluding carboxylic acids is 2. The predicted octanol–water partition coefficient (Wildman–Crippen LogP) is 3.26. The molecule has 0 fully saturated rings. The third kappa shape index (κ3) is 4.02. The van der Waals surface area contributed by atoms with Crippen molar-refractivity contribution in [1.29, 1.82) is 0 Å². The molecule has 2 aromatic heterocycles. The molecule has 7 nitrogen and oxygen atoms in total. The van der Waals surface area contributed by atoms with Gasteiger partial charge >= 0.3 is 0 Å². The highest BCUT2D eigenvalue weighted by atomic mass is 79.9. The Labute approximate surface area is 172 Å². The van der Waals surface area contributed by atoms with E-state index in [9.17, 15) is 14.0 Å². The molecule has 0 bridgehead atoms. The first-order chi connectivity index (χ1) is 13.3. The second-order valence-electron chi connectivity index (χ2n) is 5.83. The van der Waals surface area contributed by atoms with Crippen molar-refractivity contribution in [3.8, 4) is 0 Å². The van der Waals surface area contributed by atoms with Gasteiger partial charge in [-0.1, -0.05) is 11.3 Å². The summed E-state index contributed by atoms with van der Waals surface area (Å²) in [5.74, 6) is -1.35. The van der Waals surface area contributed by atoms with Gasteiger partial charge in [0.25, 0.3) is 0 Å². The Morgan fingerprint density at radius 3 is 2.46 bits per heavy atom.